The number of carbonyl (C=O) groups is 1. The minimum atomic E-state index is -6.95. The normalized spacial score (nSPS) is 38.8. The second kappa shape index (κ2) is 3.54. The van der Waals surface area contributed by atoms with Crippen molar-refractivity contribution in [2.75, 3.05) is 0 Å². The first-order valence-electron chi connectivity index (χ1n) is 4.45. The van der Waals surface area contributed by atoms with Gasteiger partial charge in [-0.3, -0.25) is 4.79 Å². The lowest BCUT2D eigenvalue weighted by Crippen LogP contribution is -2.81. The van der Waals surface area contributed by atoms with Gasteiger partial charge in [-0.05, 0) is 6.92 Å². The first-order valence-corrected chi connectivity index (χ1v) is 4.45. The average Bonchev–Trinajstić information content (AvgIpc) is 2.24. The molecule has 1 fully saturated rings. The highest BCUT2D eigenvalue weighted by Crippen LogP contribution is 2.65. The van der Waals surface area contributed by atoms with Crippen LogP contribution in [0.15, 0.2) is 0 Å². The molecule has 2 unspecified atom stereocenters. The molecule has 0 aromatic heterocycles. The monoisotopic (exact) mass is 306 g/mol. The van der Waals surface area contributed by atoms with Gasteiger partial charge in [0.2, 0.25) is 6.17 Å². The van der Waals surface area contributed by atoms with Gasteiger partial charge in [0.25, 0.3) is 5.67 Å². The van der Waals surface area contributed by atoms with E-state index in [0.717, 1.165) is 0 Å². The molecule has 112 valence electrons. The largest absolute Gasteiger partial charge is 0.382 e. The molecular formula is C8H4F10O. The molecule has 1 nitrogen and oxygen atoms in total. The van der Waals surface area contributed by atoms with E-state index in [9.17, 15) is 48.7 Å². The van der Waals surface area contributed by atoms with E-state index >= 15 is 0 Å². The van der Waals surface area contributed by atoms with Crippen LogP contribution in [0.25, 0.3) is 0 Å². The second-order valence-electron chi connectivity index (χ2n) is 3.98. The zero-order valence-electron chi connectivity index (χ0n) is 8.77. The number of carbonyl (C=O) groups excluding carboxylic acids is 1. The molecule has 19 heavy (non-hydrogen) atoms. The number of ketones is 1. The fourth-order valence-electron chi connectivity index (χ4n) is 1.60. The lowest BCUT2D eigenvalue weighted by molar-refractivity contribution is -0.434. The van der Waals surface area contributed by atoms with Crippen molar-refractivity contribution in [1.29, 1.82) is 0 Å². The van der Waals surface area contributed by atoms with Gasteiger partial charge in [0.15, 0.2) is 5.78 Å². The average molecular weight is 306 g/mol. The van der Waals surface area contributed by atoms with Gasteiger partial charge in [0, 0.05) is 0 Å². The number of hydrogen-bond donors (Lipinski definition) is 0. The van der Waals surface area contributed by atoms with Crippen LogP contribution in [-0.2, 0) is 4.79 Å². The molecule has 0 spiro atoms. The van der Waals surface area contributed by atoms with Crippen LogP contribution >= 0.6 is 0 Å². The van der Waals surface area contributed by atoms with Gasteiger partial charge in [-0.2, -0.15) is 35.1 Å². The van der Waals surface area contributed by atoms with Crippen molar-refractivity contribution in [3.8, 4) is 0 Å². The summed E-state index contributed by atoms with van der Waals surface area (Å²) in [6.45, 7) is -0.226. The second-order valence-corrected chi connectivity index (χ2v) is 3.98. The summed E-state index contributed by atoms with van der Waals surface area (Å²) in [6.07, 6.45) is -5.12. The molecule has 0 aromatic carbocycles. The Hall–Kier alpha value is -1.03. The van der Waals surface area contributed by atoms with Crippen LogP contribution < -0.4 is 0 Å². The van der Waals surface area contributed by atoms with Gasteiger partial charge >= 0.3 is 23.7 Å². The van der Waals surface area contributed by atoms with Crippen molar-refractivity contribution >= 4 is 5.78 Å². The maximum absolute atomic E-state index is 13.4. The molecule has 0 bridgehead atoms. The Morgan fingerprint density at radius 1 is 0.789 bits per heavy atom. The lowest BCUT2D eigenvalue weighted by atomic mass is 9.72. The van der Waals surface area contributed by atoms with E-state index in [1.165, 1.54) is 0 Å². The molecule has 0 aromatic rings. The zero-order valence-corrected chi connectivity index (χ0v) is 8.77. The Morgan fingerprint density at radius 3 is 1.47 bits per heavy atom. The zero-order chi connectivity index (χ0) is 15.7. The van der Waals surface area contributed by atoms with Crippen LogP contribution in [0.2, 0.25) is 0 Å². The fourth-order valence-corrected chi connectivity index (χ4v) is 1.60. The van der Waals surface area contributed by atoms with E-state index in [1.807, 2.05) is 0 Å². The van der Waals surface area contributed by atoms with Crippen LogP contribution in [0, 0.1) is 0 Å². The molecule has 0 amide bonds. The van der Waals surface area contributed by atoms with Crippen LogP contribution in [0.5, 0.6) is 0 Å². The minimum Gasteiger partial charge on any atom is -0.296 e. The van der Waals surface area contributed by atoms with Gasteiger partial charge in [0.1, 0.15) is 0 Å². The third-order valence-corrected chi connectivity index (χ3v) is 2.84. The quantitative estimate of drug-likeness (QED) is 0.680. The van der Waals surface area contributed by atoms with E-state index in [1.54, 1.807) is 0 Å². The molecule has 1 aliphatic carbocycles. The Balaban J connectivity index is 3.72. The lowest BCUT2D eigenvalue weighted by Gasteiger charge is -2.49. The Morgan fingerprint density at radius 2 is 1.16 bits per heavy atom. The molecule has 0 N–H and O–H groups in total. The first-order chi connectivity index (χ1) is 8.10. The van der Waals surface area contributed by atoms with Gasteiger partial charge < -0.3 is 0 Å². The van der Waals surface area contributed by atoms with Crippen molar-refractivity contribution in [3.05, 3.63) is 0 Å². The Labute approximate surface area is 98.1 Å². The van der Waals surface area contributed by atoms with Crippen LogP contribution in [-0.4, -0.2) is 41.3 Å². The molecule has 1 aliphatic rings. The third kappa shape index (κ3) is 1.36. The van der Waals surface area contributed by atoms with Crippen LogP contribution in [0.1, 0.15) is 6.92 Å². The van der Waals surface area contributed by atoms with E-state index in [4.69, 9.17) is 0 Å². The van der Waals surface area contributed by atoms with Crippen molar-refractivity contribution in [2.24, 2.45) is 0 Å². The van der Waals surface area contributed by atoms with Crippen molar-refractivity contribution in [1.82, 2.24) is 0 Å². The predicted octanol–water partition coefficient (Wildman–Crippen LogP) is 3.18. The molecule has 1 rings (SSSR count). The summed E-state index contributed by atoms with van der Waals surface area (Å²) in [5.74, 6) is -29.7. The molecule has 0 radical (unpaired) electrons. The van der Waals surface area contributed by atoms with E-state index in [-0.39, 0.29) is 6.92 Å². The summed E-state index contributed by atoms with van der Waals surface area (Å²) in [7, 11) is 0. The molecule has 1 saturated carbocycles. The number of Topliss-reactive ketones (excluding diaryl/α,β-unsaturated/α-hetero) is 1. The maximum atomic E-state index is 13.4. The Bertz CT molecular complexity index is 416. The van der Waals surface area contributed by atoms with Gasteiger partial charge in [-0.15, -0.1) is 0 Å². The number of alkyl halides is 10. The number of halogens is 10. The fraction of sp³-hybridized carbons (Fsp3) is 0.875. The Kier molecular flexibility index (Phi) is 2.99. The highest BCUT2D eigenvalue weighted by Gasteiger charge is 2.96. The summed E-state index contributed by atoms with van der Waals surface area (Å²) < 4.78 is 129. The molecule has 2 atom stereocenters. The summed E-state index contributed by atoms with van der Waals surface area (Å²) in [6, 6.07) is 0. The predicted molar refractivity (Wildman–Crippen MR) is 39.2 cm³/mol. The van der Waals surface area contributed by atoms with E-state index < -0.39 is 41.3 Å². The van der Waals surface area contributed by atoms with Crippen molar-refractivity contribution in [3.63, 3.8) is 0 Å². The highest BCUT2D eigenvalue weighted by atomic mass is 19.4. The van der Waals surface area contributed by atoms with Crippen molar-refractivity contribution < 1.29 is 48.7 Å². The molecule has 0 heterocycles. The summed E-state index contributed by atoms with van der Waals surface area (Å²) >= 11 is 0. The van der Waals surface area contributed by atoms with Crippen molar-refractivity contribution in [2.45, 2.75) is 42.5 Å². The molecule has 0 aliphatic heterocycles. The molecule has 0 saturated heterocycles. The minimum absolute atomic E-state index is 0.226. The maximum Gasteiger partial charge on any atom is 0.382 e. The van der Waals surface area contributed by atoms with Crippen LogP contribution in [0.4, 0.5) is 43.9 Å². The molecular weight excluding hydrogens is 302 g/mol. The van der Waals surface area contributed by atoms with Gasteiger partial charge in [-0.1, -0.05) is 0 Å². The van der Waals surface area contributed by atoms with Gasteiger partial charge in [0.05, 0.1) is 0 Å². The standard InChI is InChI=1S/C8H4F10O/c1-2(19)4(10)3(9)5(11,12)7(15,16)8(17,18)6(4,13)14/h3H,1H3. The number of hydrogen-bond acceptors (Lipinski definition) is 1. The summed E-state index contributed by atoms with van der Waals surface area (Å²) in [5, 5.41) is 0. The highest BCUT2D eigenvalue weighted by molar-refractivity contribution is 5.88. The third-order valence-electron chi connectivity index (χ3n) is 2.84. The first kappa shape index (κ1) is 16.0. The van der Waals surface area contributed by atoms with E-state index in [0.29, 0.717) is 0 Å². The SMILES string of the molecule is CC(=O)C1(F)C(F)C(F)(F)C(F)(F)C(F)(F)C1(F)F. The summed E-state index contributed by atoms with van der Waals surface area (Å²) in [5.41, 5.74) is -5.76. The smallest absolute Gasteiger partial charge is 0.296 e. The van der Waals surface area contributed by atoms with Gasteiger partial charge in [-0.25, -0.2) is 8.78 Å². The number of rotatable bonds is 1. The summed E-state index contributed by atoms with van der Waals surface area (Å²) in [4.78, 5) is 10.5. The molecule has 11 heteroatoms. The topological polar surface area (TPSA) is 17.1 Å². The van der Waals surface area contributed by atoms with E-state index in [2.05, 4.69) is 0 Å². The van der Waals surface area contributed by atoms with Crippen LogP contribution in [0.3, 0.4) is 0 Å².